The van der Waals surface area contributed by atoms with Crippen LogP contribution in [0.25, 0.3) is 0 Å². The summed E-state index contributed by atoms with van der Waals surface area (Å²) in [5, 5.41) is 0.169. The fourth-order valence-electron chi connectivity index (χ4n) is 1.30. The van der Waals surface area contributed by atoms with Gasteiger partial charge in [-0.15, -0.1) is 29.7 Å². The van der Waals surface area contributed by atoms with Crippen LogP contribution in [0.2, 0.25) is 18.1 Å². The van der Waals surface area contributed by atoms with Crippen LogP contribution in [-0.2, 0) is 10.3 Å². The molecule has 0 aliphatic rings. The maximum atomic E-state index is 13.5. The van der Waals surface area contributed by atoms with Gasteiger partial charge < -0.3 is 9.16 Å². The molecule has 0 N–H and O–H groups in total. The monoisotopic (exact) mass is 319 g/mol. The van der Waals surface area contributed by atoms with Gasteiger partial charge in [-0.25, -0.2) is 4.39 Å². The van der Waals surface area contributed by atoms with E-state index >= 15 is 0 Å². The highest BCUT2D eigenvalue weighted by atomic mass is 35.5. The lowest BCUT2D eigenvalue weighted by atomic mass is 10.2. The number of nitrogens with zero attached hydrogens (tertiary/aromatic N) is 1. The van der Waals surface area contributed by atoms with Crippen LogP contribution in [0, 0.1) is 5.82 Å². The van der Waals surface area contributed by atoms with Gasteiger partial charge in [0.2, 0.25) is 0 Å². The molecule has 0 aliphatic heterocycles. The molecule has 0 radical (unpaired) electrons. The molecule has 1 aromatic rings. The van der Waals surface area contributed by atoms with E-state index in [9.17, 15) is 4.39 Å². The van der Waals surface area contributed by atoms with Crippen LogP contribution in [0.15, 0.2) is 12.3 Å². The molecule has 1 aromatic heterocycles. The Morgan fingerprint density at radius 3 is 2.45 bits per heavy atom. The van der Waals surface area contributed by atoms with Crippen molar-refractivity contribution < 1.29 is 13.6 Å². The van der Waals surface area contributed by atoms with E-state index in [0.717, 1.165) is 0 Å². The third-order valence-corrected chi connectivity index (χ3v) is 8.43. The molecule has 0 amide bonds. The van der Waals surface area contributed by atoms with Crippen molar-refractivity contribution in [3.05, 3.63) is 23.8 Å². The van der Waals surface area contributed by atoms with Crippen molar-refractivity contribution >= 4 is 19.9 Å². The smallest absolute Gasteiger partial charge is 0.149 e. The normalized spacial score (nSPS) is 12.6. The molecule has 1 heterocycles. The first-order chi connectivity index (χ1) is 9.17. The number of halogens is 2. The average Bonchev–Trinajstić information content (AvgIpc) is 2.33. The SMILES string of the molecule is CC(C)(C)[Si-](C)(C)OCCOc1cnc(CCl)c(F)c1. The molecule has 0 saturated carbocycles. The van der Waals surface area contributed by atoms with Gasteiger partial charge in [-0.05, 0) is 8.32 Å². The second-order valence-corrected chi connectivity index (χ2v) is 11.3. The first-order valence-corrected chi connectivity index (χ1v) is 10.1. The zero-order valence-corrected chi connectivity index (χ0v) is 14.6. The van der Waals surface area contributed by atoms with Gasteiger partial charge in [0.15, 0.2) is 0 Å². The summed E-state index contributed by atoms with van der Waals surface area (Å²) >= 11 is 5.55. The number of hydrogen-bond acceptors (Lipinski definition) is 3. The number of ether oxygens (including phenoxy) is 1. The van der Waals surface area contributed by atoms with E-state index in [4.69, 9.17) is 20.8 Å². The molecule has 0 unspecified atom stereocenters. The van der Waals surface area contributed by atoms with Crippen molar-refractivity contribution in [2.75, 3.05) is 13.2 Å². The van der Waals surface area contributed by atoms with Crippen molar-refractivity contribution in [1.29, 1.82) is 0 Å². The Morgan fingerprint density at radius 1 is 1.30 bits per heavy atom. The highest BCUT2D eigenvalue weighted by Crippen LogP contribution is 2.36. The predicted molar refractivity (Wildman–Crippen MR) is 82.4 cm³/mol. The van der Waals surface area contributed by atoms with Gasteiger partial charge in [0.1, 0.15) is 18.2 Å². The van der Waals surface area contributed by atoms with Gasteiger partial charge >= 0.3 is 0 Å². The summed E-state index contributed by atoms with van der Waals surface area (Å²) in [5.41, 5.74) is 0.233. The van der Waals surface area contributed by atoms with Gasteiger partial charge in [-0.2, -0.15) is 0 Å². The van der Waals surface area contributed by atoms with Crippen molar-refractivity contribution in [3.8, 4) is 5.75 Å². The molecular formula is C14H23ClFNO2Si-. The summed E-state index contributed by atoms with van der Waals surface area (Å²) in [4.78, 5) is 3.90. The standard InChI is InChI=1S/C14H23ClFNO2Si/c1-14(2,3)20(4,5)19-7-6-18-11-8-12(16)13(9-15)17-10-11/h8,10H,6-7,9H2,1-5H3/q-1. The van der Waals surface area contributed by atoms with Crippen LogP contribution in [-0.4, -0.2) is 26.5 Å². The van der Waals surface area contributed by atoms with Crippen LogP contribution < -0.4 is 4.74 Å². The average molecular weight is 320 g/mol. The van der Waals surface area contributed by atoms with Crippen molar-refractivity contribution in [2.24, 2.45) is 0 Å². The minimum Gasteiger partial charge on any atom is -0.562 e. The van der Waals surface area contributed by atoms with Crippen LogP contribution in [0.5, 0.6) is 5.75 Å². The lowest BCUT2D eigenvalue weighted by molar-refractivity contribution is 0.202. The Balaban J connectivity index is 2.44. The number of rotatable bonds is 6. The highest BCUT2D eigenvalue weighted by molar-refractivity contribution is 6.74. The van der Waals surface area contributed by atoms with Crippen molar-refractivity contribution in [1.82, 2.24) is 4.98 Å². The molecule has 0 aliphatic carbocycles. The minimum absolute atomic E-state index is 0.0561. The van der Waals surface area contributed by atoms with Crippen LogP contribution >= 0.6 is 11.6 Å². The fourth-order valence-corrected chi connectivity index (χ4v) is 2.52. The molecule has 115 valence electrons. The molecule has 20 heavy (non-hydrogen) atoms. The second kappa shape index (κ2) is 6.87. The van der Waals surface area contributed by atoms with Crippen molar-refractivity contribution in [2.45, 2.75) is 44.8 Å². The van der Waals surface area contributed by atoms with E-state index < -0.39 is 14.1 Å². The molecule has 0 fully saturated rings. The zero-order chi connectivity index (χ0) is 15.4. The Bertz CT molecular complexity index is 449. The van der Waals surface area contributed by atoms with Gasteiger partial charge in [-0.3, -0.25) is 4.98 Å². The quantitative estimate of drug-likeness (QED) is 0.443. The summed E-state index contributed by atoms with van der Waals surface area (Å²) in [5.74, 6) is 0.0126. The van der Waals surface area contributed by atoms with Crippen LogP contribution in [0.1, 0.15) is 26.5 Å². The Kier molecular flexibility index (Phi) is 5.98. The van der Waals surface area contributed by atoms with E-state index in [1.54, 1.807) is 0 Å². The topological polar surface area (TPSA) is 31.4 Å². The number of aromatic nitrogens is 1. The molecular weight excluding hydrogens is 297 g/mol. The molecule has 0 aromatic carbocycles. The van der Waals surface area contributed by atoms with Gasteiger partial charge in [0.05, 0.1) is 17.8 Å². The second-order valence-electron chi connectivity index (χ2n) is 6.19. The third-order valence-electron chi connectivity index (χ3n) is 3.64. The maximum Gasteiger partial charge on any atom is 0.149 e. The number of hydrogen-bond donors (Lipinski definition) is 0. The summed E-state index contributed by atoms with van der Waals surface area (Å²) < 4.78 is 24.9. The first kappa shape index (κ1) is 17.4. The predicted octanol–water partition coefficient (Wildman–Crippen LogP) is 4.36. The third kappa shape index (κ3) is 4.72. The zero-order valence-electron chi connectivity index (χ0n) is 12.8. The fraction of sp³-hybridized carbons (Fsp3) is 0.643. The molecule has 0 atom stereocenters. The number of alkyl halides is 1. The molecule has 0 saturated heterocycles. The lowest BCUT2D eigenvalue weighted by Crippen LogP contribution is -2.41. The molecule has 3 nitrogen and oxygen atoms in total. The van der Waals surface area contributed by atoms with Gasteiger partial charge in [-0.1, -0.05) is 20.8 Å². The molecule has 0 bridgehead atoms. The highest BCUT2D eigenvalue weighted by Gasteiger charge is 2.24. The summed E-state index contributed by atoms with van der Waals surface area (Å²) in [6.45, 7) is 11.8. The van der Waals surface area contributed by atoms with Crippen molar-refractivity contribution in [3.63, 3.8) is 0 Å². The van der Waals surface area contributed by atoms with Gasteiger partial charge in [0, 0.05) is 12.7 Å². The van der Waals surface area contributed by atoms with E-state index in [0.29, 0.717) is 19.0 Å². The van der Waals surface area contributed by atoms with Crippen LogP contribution in [0.3, 0.4) is 0 Å². The minimum atomic E-state index is -1.76. The molecule has 0 spiro atoms. The Morgan fingerprint density at radius 2 is 1.95 bits per heavy atom. The number of pyridine rings is 1. The first-order valence-electron chi connectivity index (χ1n) is 6.64. The lowest BCUT2D eigenvalue weighted by Gasteiger charge is -2.48. The van der Waals surface area contributed by atoms with E-state index in [1.165, 1.54) is 12.3 Å². The van der Waals surface area contributed by atoms with Gasteiger partial charge in [0.25, 0.3) is 0 Å². The summed E-state index contributed by atoms with van der Waals surface area (Å²) in [7, 11) is -1.76. The van der Waals surface area contributed by atoms with Crippen LogP contribution in [0.4, 0.5) is 4.39 Å². The summed E-state index contributed by atoms with van der Waals surface area (Å²) in [6.07, 6.45) is 1.48. The maximum absolute atomic E-state index is 13.5. The van der Waals surface area contributed by atoms with E-state index in [-0.39, 0.29) is 16.6 Å². The molecule has 1 rings (SSSR count). The Labute approximate surface area is 126 Å². The Hall–Kier alpha value is -0.653. The van der Waals surface area contributed by atoms with E-state index in [1.807, 2.05) is 0 Å². The molecule has 6 heteroatoms. The largest absolute Gasteiger partial charge is 0.562 e. The summed E-state index contributed by atoms with van der Waals surface area (Å²) in [6, 6.07) is 1.30. The van der Waals surface area contributed by atoms with E-state index in [2.05, 4.69) is 38.8 Å².